The number of esters is 1. The summed E-state index contributed by atoms with van der Waals surface area (Å²) in [5.74, 6) is -0.201. The van der Waals surface area contributed by atoms with Crippen molar-refractivity contribution in [2.75, 3.05) is 20.2 Å². The van der Waals surface area contributed by atoms with E-state index in [0.29, 0.717) is 6.04 Å². The van der Waals surface area contributed by atoms with Gasteiger partial charge in [-0.15, -0.1) is 0 Å². The normalized spacial score (nSPS) is 30.4. The maximum absolute atomic E-state index is 11.1. The Balaban J connectivity index is 2.07. The van der Waals surface area contributed by atoms with Crippen LogP contribution in [0, 0.1) is 0 Å². The van der Waals surface area contributed by atoms with Gasteiger partial charge in [-0.05, 0) is 31.4 Å². The summed E-state index contributed by atoms with van der Waals surface area (Å²) in [6.07, 6.45) is 6.54. The van der Waals surface area contributed by atoms with Gasteiger partial charge in [0.1, 0.15) is 0 Å². The molecule has 0 aliphatic carbocycles. The molecule has 1 unspecified atom stereocenters. The Bertz CT molecular complexity index is 260. The van der Waals surface area contributed by atoms with Gasteiger partial charge in [0.05, 0.1) is 7.11 Å². The summed E-state index contributed by atoms with van der Waals surface area (Å²) in [6.45, 7) is 2.32. The van der Waals surface area contributed by atoms with E-state index in [4.69, 9.17) is 0 Å². The number of nitrogens with zero attached hydrogens (tertiary/aromatic N) is 1. The first-order valence-corrected chi connectivity index (χ1v) is 5.33. The molecule has 0 radical (unpaired) electrons. The van der Waals surface area contributed by atoms with Crippen LogP contribution < -0.4 is 0 Å². The Morgan fingerprint density at radius 3 is 3.14 bits per heavy atom. The van der Waals surface area contributed by atoms with Crippen molar-refractivity contribution in [1.29, 1.82) is 0 Å². The molecule has 1 atom stereocenters. The average Bonchev–Trinajstić information content (AvgIpc) is 2.62. The van der Waals surface area contributed by atoms with Crippen molar-refractivity contribution < 1.29 is 9.53 Å². The summed E-state index contributed by atoms with van der Waals surface area (Å²) < 4.78 is 4.66. The highest BCUT2D eigenvalue weighted by molar-refractivity contribution is 5.83. The van der Waals surface area contributed by atoms with Gasteiger partial charge in [0.15, 0.2) is 0 Å². The number of carbonyl (C=O) groups is 1. The topological polar surface area (TPSA) is 29.5 Å². The van der Waals surface area contributed by atoms with E-state index >= 15 is 0 Å². The zero-order chi connectivity index (χ0) is 9.97. The molecule has 0 saturated carbocycles. The van der Waals surface area contributed by atoms with Crippen LogP contribution in [0.2, 0.25) is 0 Å². The monoisotopic (exact) mass is 195 g/mol. The maximum atomic E-state index is 11.1. The Kier molecular flexibility index (Phi) is 2.87. The molecule has 0 aromatic carbocycles. The quantitative estimate of drug-likeness (QED) is 0.467. The molecule has 0 aromatic heterocycles. The number of piperidine rings is 1. The Hall–Kier alpha value is -0.830. The minimum Gasteiger partial charge on any atom is -0.466 e. The van der Waals surface area contributed by atoms with E-state index in [0.717, 1.165) is 13.0 Å². The summed E-state index contributed by atoms with van der Waals surface area (Å²) in [5, 5.41) is 0. The Morgan fingerprint density at radius 2 is 2.36 bits per heavy atom. The Labute approximate surface area is 84.7 Å². The molecule has 0 N–H and O–H groups in total. The zero-order valence-electron chi connectivity index (χ0n) is 8.66. The van der Waals surface area contributed by atoms with E-state index < -0.39 is 0 Å². The van der Waals surface area contributed by atoms with Gasteiger partial charge in [0.25, 0.3) is 0 Å². The number of ether oxygens (including phenoxy) is 1. The van der Waals surface area contributed by atoms with Crippen LogP contribution in [0.4, 0.5) is 0 Å². The highest BCUT2D eigenvalue weighted by Gasteiger charge is 2.31. The first-order valence-electron chi connectivity index (χ1n) is 5.33. The van der Waals surface area contributed by atoms with Crippen LogP contribution in [-0.2, 0) is 9.53 Å². The molecule has 0 spiro atoms. The summed E-state index contributed by atoms with van der Waals surface area (Å²) in [5.41, 5.74) is 1.27. The number of fused-ring (bicyclic) bond motifs is 1. The van der Waals surface area contributed by atoms with E-state index in [9.17, 15) is 4.79 Å². The largest absolute Gasteiger partial charge is 0.466 e. The molecule has 2 heterocycles. The highest BCUT2D eigenvalue weighted by Crippen LogP contribution is 2.30. The van der Waals surface area contributed by atoms with Crippen molar-refractivity contribution in [2.24, 2.45) is 0 Å². The molecule has 2 aliphatic heterocycles. The van der Waals surface area contributed by atoms with Gasteiger partial charge >= 0.3 is 5.97 Å². The molecule has 2 rings (SSSR count). The molecule has 14 heavy (non-hydrogen) atoms. The molecule has 2 aliphatic rings. The van der Waals surface area contributed by atoms with Gasteiger partial charge in [-0.25, -0.2) is 4.79 Å². The first-order chi connectivity index (χ1) is 6.81. The fraction of sp³-hybridized carbons (Fsp3) is 0.727. The summed E-state index contributed by atoms with van der Waals surface area (Å²) >= 11 is 0. The van der Waals surface area contributed by atoms with Gasteiger partial charge in [-0.1, -0.05) is 6.42 Å². The lowest BCUT2D eigenvalue weighted by atomic mass is 9.98. The van der Waals surface area contributed by atoms with Crippen molar-refractivity contribution in [3.63, 3.8) is 0 Å². The van der Waals surface area contributed by atoms with Crippen LogP contribution in [0.3, 0.4) is 0 Å². The second-order valence-electron chi connectivity index (χ2n) is 4.04. The fourth-order valence-corrected chi connectivity index (χ4v) is 2.50. The minimum atomic E-state index is -0.201. The predicted molar refractivity (Wildman–Crippen MR) is 53.9 cm³/mol. The molecule has 3 nitrogen and oxygen atoms in total. The smallest absolute Gasteiger partial charge is 0.330 e. The van der Waals surface area contributed by atoms with E-state index in [1.165, 1.54) is 38.5 Å². The first kappa shape index (κ1) is 9.71. The summed E-state index contributed by atoms with van der Waals surface area (Å²) in [4.78, 5) is 13.6. The van der Waals surface area contributed by atoms with Crippen molar-refractivity contribution in [3.8, 4) is 0 Å². The number of rotatable bonds is 1. The molecular formula is C11H17NO2. The van der Waals surface area contributed by atoms with Gasteiger partial charge in [-0.2, -0.15) is 0 Å². The van der Waals surface area contributed by atoms with Crippen LogP contribution in [0.25, 0.3) is 0 Å². The molecule has 0 bridgehead atoms. The molecule has 3 heteroatoms. The van der Waals surface area contributed by atoms with E-state index in [2.05, 4.69) is 9.64 Å². The lowest BCUT2D eigenvalue weighted by Gasteiger charge is -2.29. The predicted octanol–water partition coefficient (Wildman–Crippen LogP) is 1.34. The van der Waals surface area contributed by atoms with Gasteiger partial charge in [0, 0.05) is 18.7 Å². The van der Waals surface area contributed by atoms with E-state index in [1.54, 1.807) is 6.08 Å². The lowest BCUT2D eigenvalue weighted by Crippen LogP contribution is -2.34. The maximum Gasteiger partial charge on any atom is 0.330 e. The Morgan fingerprint density at radius 1 is 1.50 bits per heavy atom. The van der Waals surface area contributed by atoms with Crippen LogP contribution in [-0.4, -0.2) is 37.1 Å². The third-order valence-electron chi connectivity index (χ3n) is 3.23. The summed E-state index contributed by atoms with van der Waals surface area (Å²) in [7, 11) is 1.44. The van der Waals surface area contributed by atoms with Crippen LogP contribution in [0.15, 0.2) is 11.6 Å². The standard InChI is InChI=1S/C11H17NO2/c1-14-11(13)8-9-5-7-12-6-3-2-4-10(9)12/h8,10H,2-7H2,1H3/b9-8-. The third-order valence-corrected chi connectivity index (χ3v) is 3.23. The minimum absolute atomic E-state index is 0.201. The number of carbonyl (C=O) groups excluding carboxylic acids is 1. The van der Waals surface area contributed by atoms with E-state index in [-0.39, 0.29) is 5.97 Å². The lowest BCUT2D eigenvalue weighted by molar-refractivity contribution is -0.134. The van der Waals surface area contributed by atoms with Crippen LogP contribution in [0.1, 0.15) is 25.7 Å². The molecular weight excluding hydrogens is 178 g/mol. The van der Waals surface area contributed by atoms with Crippen molar-refractivity contribution in [3.05, 3.63) is 11.6 Å². The number of hydrogen-bond acceptors (Lipinski definition) is 3. The van der Waals surface area contributed by atoms with Gasteiger partial charge in [0.2, 0.25) is 0 Å². The third kappa shape index (κ3) is 1.82. The van der Waals surface area contributed by atoms with Gasteiger partial charge < -0.3 is 4.74 Å². The van der Waals surface area contributed by atoms with Crippen LogP contribution in [0.5, 0.6) is 0 Å². The second kappa shape index (κ2) is 4.13. The molecule has 2 saturated heterocycles. The number of hydrogen-bond donors (Lipinski definition) is 0. The van der Waals surface area contributed by atoms with Crippen molar-refractivity contribution >= 4 is 5.97 Å². The molecule has 2 fully saturated rings. The fourth-order valence-electron chi connectivity index (χ4n) is 2.50. The second-order valence-corrected chi connectivity index (χ2v) is 4.04. The molecule has 78 valence electrons. The zero-order valence-corrected chi connectivity index (χ0v) is 8.66. The van der Waals surface area contributed by atoms with E-state index in [1.807, 2.05) is 0 Å². The van der Waals surface area contributed by atoms with Crippen molar-refractivity contribution in [2.45, 2.75) is 31.7 Å². The van der Waals surface area contributed by atoms with Gasteiger partial charge in [-0.3, -0.25) is 4.90 Å². The SMILES string of the molecule is COC(=O)/C=C1/CCN2CCCCC12. The van der Waals surface area contributed by atoms with Crippen molar-refractivity contribution in [1.82, 2.24) is 4.90 Å². The highest BCUT2D eigenvalue weighted by atomic mass is 16.5. The van der Waals surface area contributed by atoms with Crippen LogP contribution >= 0.6 is 0 Å². The number of methoxy groups -OCH3 is 1. The summed E-state index contributed by atoms with van der Waals surface area (Å²) in [6, 6.07) is 0.530. The molecule has 0 amide bonds. The average molecular weight is 195 g/mol. The molecule has 0 aromatic rings.